The minimum atomic E-state index is -1.13. The molecule has 0 bridgehead atoms. The maximum Gasteiger partial charge on any atom is 0.269 e. The van der Waals surface area contributed by atoms with Gasteiger partial charge in [0.2, 0.25) is 5.91 Å². The fourth-order valence-electron chi connectivity index (χ4n) is 4.40. The lowest BCUT2D eigenvalue weighted by atomic mass is 9.90. The number of carbonyl (C=O) groups is 2. The Morgan fingerprint density at radius 3 is 2.41 bits per heavy atom. The lowest BCUT2D eigenvalue weighted by Crippen LogP contribution is -2.37. The number of anilines is 2. The third-order valence-electron chi connectivity index (χ3n) is 5.95. The van der Waals surface area contributed by atoms with E-state index in [0.717, 1.165) is 4.90 Å². The molecule has 2 heterocycles. The third-order valence-corrected chi connectivity index (χ3v) is 6.29. The third kappa shape index (κ3) is 3.46. The van der Waals surface area contributed by atoms with Gasteiger partial charge in [0.15, 0.2) is 6.10 Å². The van der Waals surface area contributed by atoms with Crippen LogP contribution in [0.1, 0.15) is 11.6 Å². The van der Waals surface area contributed by atoms with Crippen LogP contribution in [0, 0.1) is 16.0 Å². The van der Waals surface area contributed by atoms with E-state index in [1.807, 2.05) is 6.07 Å². The zero-order chi connectivity index (χ0) is 24.0. The molecule has 3 atom stereocenters. The fraction of sp³-hybridized carbons (Fsp3) is 0.167. The Hall–Kier alpha value is -3.95. The van der Waals surface area contributed by atoms with Gasteiger partial charge in [-0.25, -0.2) is 9.96 Å². The summed E-state index contributed by atoms with van der Waals surface area (Å²) >= 11 is 6.47. The Morgan fingerprint density at radius 1 is 0.971 bits per heavy atom. The number of amides is 2. The molecule has 10 heteroatoms. The first kappa shape index (κ1) is 21.9. The first-order valence-electron chi connectivity index (χ1n) is 10.4. The number of nitrogens with zero attached hydrogens (tertiary/aromatic N) is 3. The molecule has 9 nitrogen and oxygen atoms in total. The van der Waals surface area contributed by atoms with Gasteiger partial charge in [-0.2, -0.15) is 0 Å². The van der Waals surface area contributed by atoms with Crippen molar-refractivity contribution in [2.45, 2.75) is 12.1 Å². The van der Waals surface area contributed by atoms with Crippen molar-refractivity contribution < 1.29 is 24.1 Å². The number of hydrogen-bond donors (Lipinski definition) is 0. The molecule has 3 aromatic carbocycles. The summed E-state index contributed by atoms with van der Waals surface area (Å²) in [7, 11) is 1.49. The van der Waals surface area contributed by atoms with Crippen molar-refractivity contribution in [2.24, 2.45) is 5.92 Å². The average Bonchev–Trinajstić information content (AvgIpc) is 3.35. The van der Waals surface area contributed by atoms with Crippen molar-refractivity contribution >= 4 is 40.5 Å². The monoisotopic (exact) mass is 479 g/mol. The second kappa shape index (κ2) is 8.44. The normalized spacial score (nSPS) is 21.6. The topological polar surface area (TPSA) is 102 Å². The fourth-order valence-corrected chi connectivity index (χ4v) is 4.63. The molecule has 0 radical (unpaired) electrons. The van der Waals surface area contributed by atoms with Gasteiger partial charge in [0.05, 0.1) is 29.4 Å². The number of hydroxylamine groups is 1. The number of nitro groups is 1. The van der Waals surface area contributed by atoms with Crippen LogP contribution in [0.15, 0.2) is 72.8 Å². The van der Waals surface area contributed by atoms with E-state index in [9.17, 15) is 19.7 Å². The van der Waals surface area contributed by atoms with Crippen LogP contribution >= 0.6 is 11.6 Å². The number of ether oxygens (including phenoxy) is 1. The summed E-state index contributed by atoms with van der Waals surface area (Å²) in [5.41, 5.74) is 1.07. The number of nitro benzene ring substituents is 1. The van der Waals surface area contributed by atoms with Crippen LogP contribution in [0.2, 0.25) is 5.02 Å². The Balaban J connectivity index is 1.63. The second-order valence-electron chi connectivity index (χ2n) is 7.83. The second-order valence-corrected chi connectivity index (χ2v) is 8.24. The number of carbonyl (C=O) groups excluding carboxylic acids is 2. The van der Waals surface area contributed by atoms with Crippen molar-refractivity contribution in [3.05, 3.63) is 93.5 Å². The highest BCUT2D eigenvalue weighted by molar-refractivity contribution is 6.31. The SMILES string of the molecule is COc1cccc(N2C(=O)[C@@H]3[C@H](ON(c4ccccc4)[C@@H]3c3cc([N+](=O)[O-])ccc3Cl)C2=O)c1. The molecule has 0 spiro atoms. The van der Waals surface area contributed by atoms with Crippen molar-refractivity contribution in [2.75, 3.05) is 17.1 Å². The molecule has 0 N–H and O–H groups in total. The van der Waals surface area contributed by atoms with Crippen molar-refractivity contribution in [1.29, 1.82) is 0 Å². The first-order chi connectivity index (χ1) is 16.4. The number of hydrogen-bond acceptors (Lipinski definition) is 7. The zero-order valence-electron chi connectivity index (χ0n) is 17.8. The van der Waals surface area contributed by atoms with Crippen LogP contribution in [-0.2, 0) is 14.4 Å². The quantitative estimate of drug-likeness (QED) is 0.305. The predicted molar refractivity (Wildman–Crippen MR) is 124 cm³/mol. The smallest absolute Gasteiger partial charge is 0.269 e. The molecule has 5 rings (SSSR count). The van der Waals surface area contributed by atoms with Gasteiger partial charge in [-0.3, -0.25) is 24.5 Å². The molecular formula is C24H18ClN3O6. The molecule has 172 valence electrons. The van der Waals surface area contributed by atoms with Crippen LogP contribution in [0.25, 0.3) is 0 Å². The molecule has 2 aliphatic rings. The summed E-state index contributed by atoms with van der Waals surface area (Å²) in [6, 6.07) is 18.6. The molecule has 2 aliphatic heterocycles. The van der Waals surface area contributed by atoms with Gasteiger partial charge >= 0.3 is 0 Å². The molecular weight excluding hydrogens is 462 g/mol. The number of imide groups is 1. The Labute approximate surface area is 199 Å². The molecule has 0 unspecified atom stereocenters. The molecule has 0 aliphatic carbocycles. The average molecular weight is 480 g/mol. The molecule has 34 heavy (non-hydrogen) atoms. The Kier molecular flexibility index (Phi) is 5.43. The van der Waals surface area contributed by atoms with Crippen LogP contribution in [0.3, 0.4) is 0 Å². The first-order valence-corrected chi connectivity index (χ1v) is 10.8. The largest absolute Gasteiger partial charge is 0.497 e. The van der Waals surface area contributed by atoms with E-state index in [0.29, 0.717) is 22.7 Å². The minimum absolute atomic E-state index is 0.183. The van der Waals surface area contributed by atoms with Crippen LogP contribution < -0.4 is 14.7 Å². The number of halogens is 1. The standard InChI is InChI=1S/C24H18ClN3O6/c1-33-17-9-5-8-15(12-17)26-23(29)20-21(18-13-16(28(31)32)10-11-19(18)25)27(34-22(20)24(26)30)14-6-3-2-4-7-14/h2-13,20-22H,1H3/t20-,21+,22-/m0/s1. The van der Waals surface area contributed by atoms with E-state index in [1.165, 1.54) is 30.4 Å². The summed E-state index contributed by atoms with van der Waals surface area (Å²) in [6.45, 7) is 0. The van der Waals surface area contributed by atoms with Crippen LogP contribution in [0.4, 0.5) is 17.1 Å². The lowest BCUT2D eigenvalue weighted by Gasteiger charge is -2.29. The summed E-state index contributed by atoms with van der Waals surface area (Å²) in [4.78, 5) is 45.1. The van der Waals surface area contributed by atoms with E-state index in [1.54, 1.807) is 48.5 Å². The summed E-state index contributed by atoms with van der Waals surface area (Å²) in [5, 5.41) is 13.1. The van der Waals surface area contributed by atoms with E-state index in [-0.39, 0.29) is 10.7 Å². The van der Waals surface area contributed by atoms with Gasteiger partial charge in [-0.15, -0.1) is 0 Å². The van der Waals surface area contributed by atoms with Crippen molar-refractivity contribution in [3.8, 4) is 5.75 Å². The highest BCUT2D eigenvalue weighted by atomic mass is 35.5. The van der Waals surface area contributed by atoms with Gasteiger partial charge in [0.1, 0.15) is 11.7 Å². The molecule has 0 saturated carbocycles. The number of methoxy groups -OCH3 is 1. The predicted octanol–water partition coefficient (Wildman–Crippen LogP) is 4.31. The minimum Gasteiger partial charge on any atom is -0.497 e. The molecule has 2 fully saturated rings. The van der Waals surface area contributed by atoms with Crippen molar-refractivity contribution in [1.82, 2.24) is 0 Å². The molecule has 3 aromatic rings. The molecule has 2 amide bonds. The molecule has 0 aromatic heterocycles. The zero-order valence-corrected chi connectivity index (χ0v) is 18.6. The van der Waals surface area contributed by atoms with E-state index in [4.69, 9.17) is 21.2 Å². The maximum atomic E-state index is 13.7. The number of rotatable bonds is 5. The highest BCUT2D eigenvalue weighted by Crippen LogP contribution is 2.49. The van der Waals surface area contributed by atoms with Gasteiger partial charge in [-0.1, -0.05) is 35.9 Å². The molecule has 2 saturated heterocycles. The number of fused-ring (bicyclic) bond motifs is 1. The Bertz CT molecular complexity index is 1300. The van der Waals surface area contributed by atoms with E-state index < -0.39 is 34.8 Å². The summed E-state index contributed by atoms with van der Waals surface area (Å²) in [6.07, 6.45) is -1.13. The van der Waals surface area contributed by atoms with Gasteiger partial charge < -0.3 is 4.74 Å². The number of benzene rings is 3. The summed E-state index contributed by atoms with van der Waals surface area (Å²) in [5.74, 6) is -1.51. The van der Waals surface area contributed by atoms with Gasteiger partial charge in [0.25, 0.3) is 11.6 Å². The van der Waals surface area contributed by atoms with E-state index >= 15 is 0 Å². The van der Waals surface area contributed by atoms with E-state index in [2.05, 4.69) is 0 Å². The Morgan fingerprint density at radius 2 is 1.71 bits per heavy atom. The maximum absolute atomic E-state index is 13.7. The van der Waals surface area contributed by atoms with Gasteiger partial charge in [-0.05, 0) is 30.3 Å². The number of non-ortho nitro benzene ring substituents is 1. The summed E-state index contributed by atoms with van der Waals surface area (Å²) < 4.78 is 5.23. The van der Waals surface area contributed by atoms with Crippen LogP contribution in [0.5, 0.6) is 5.75 Å². The lowest BCUT2D eigenvalue weighted by molar-refractivity contribution is -0.384. The van der Waals surface area contributed by atoms with Crippen molar-refractivity contribution in [3.63, 3.8) is 0 Å². The van der Waals surface area contributed by atoms with Crippen LogP contribution in [-0.4, -0.2) is 30.0 Å². The van der Waals surface area contributed by atoms with Gasteiger partial charge in [0, 0.05) is 28.8 Å². The number of para-hydroxylation sites is 1. The highest BCUT2D eigenvalue weighted by Gasteiger charge is 2.60.